The van der Waals surface area contributed by atoms with Gasteiger partial charge in [-0.2, -0.15) is 0 Å². The van der Waals surface area contributed by atoms with Gasteiger partial charge < -0.3 is 10.3 Å². The van der Waals surface area contributed by atoms with Gasteiger partial charge in [-0.3, -0.25) is 0 Å². The molecule has 1 aromatic heterocycles. The topological polar surface area (TPSA) is 52.0 Å². The van der Waals surface area contributed by atoms with Gasteiger partial charge in [-0.05, 0) is 35.9 Å². The maximum atomic E-state index is 13.1. The highest BCUT2D eigenvalue weighted by atomic mass is 79.9. The number of nitrogens with two attached hydrogens (primary N) is 1. The summed E-state index contributed by atoms with van der Waals surface area (Å²) in [6, 6.07) is 11.4. The predicted octanol–water partition coefficient (Wildman–Crippen LogP) is 5.15. The minimum absolute atomic E-state index is 0.232. The molecule has 0 saturated heterocycles. The SMILES string of the molecule is Nc1noc(-c2ccc(Br)cc2Cl)c1-c1ccc(F)cc1. The molecular formula is C15H9BrClFN2O. The standard InChI is InChI=1S/C15H9BrClFN2O/c16-9-3-6-11(12(17)7-9)14-13(15(19)20-21-14)8-1-4-10(18)5-2-8/h1-7H,(H2,19,20). The lowest BCUT2D eigenvalue weighted by atomic mass is 10.0. The zero-order valence-electron chi connectivity index (χ0n) is 10.6. The van der Waals surface area contributed by atoms with Gasteiger partial charge in [0, 0.05) is 10.0 Å². The maximum Gasteiger partial charge on any atom is 0.178 e. The van der Waals surface area contributed by atoms with E-state index in [2.05, 4.69) is 21.1 Å². The van der Waals surface area contributed by atoms with E-state index in [9.17, 15) is 4.39 Å². The van der Waals surface area contributed by atoms with E-state index in [4.69, 9.17) is 21.9 Å². The van der Waals surface area contributed by atoms with Crippen LogP contribution in [0.25, 0.3) is 22.5 Å². The highest BCUT2D eigenvalue weighted by Gasteiger charge is 2.19. The van der Waals surface area contributed by atoms with Crippen molar-refractivity contribution in [3.63, 3.8) is 0 Å². The fourth-order valence-electron chi connectivity index (χ4n) is 2.06. The van der Waals surface area contributed by atoms with Crippen molar-refractivity contribution in [2.75, 3.05) is 5.73 Å². The Bertz CT molecular complexity index is 802. The first kappa shape index (κ1) is 14.1. The molecule has 2 N–H and O–H groups in total. The number of anilines is 1. The van der Waals surface area contributed by atoms with Crippen molar-refractivity contribution >= 4 is 33.3 Å². The van der Waals surface area contributed by atoms with Crippen LogP contribution in [-0.2, 0) is 0 Å². The Labute approximate surface area is 133 Å². The molecule has 3 nitrogen and oxygen atoms in total. The van der Waals surface area contributed by atoms with Crippen molar-refractivity contribution in [3.05, 3.63) is 57.8 Å². The first-order chi connectivity index (χ1) is 10.1. The maximum absolute atomic E-state index is 13.1. The number of aromatic nitrogens is 1. The van der Waals surface area contributed by atoms with Gasteiger partial charge >= 0.3 is 0 Å². The third kappa shape index (κ3) is 2.66. The molecule has 2 aromatic carbocycles. The summed E-state index contributed by atoms with van der Waals surface area (Å²) in [6.45, 7) is 0. The van der Waals surface area contributed by atoms with Crippen LogP contribution in [0.15, 0.2) is 51.5 Å². The van der Waals surface area contributed by atoms with Crippen LogP contribution in [0.4, 0.5) is 10.2 Å². The molecule has 0 atom stereocenters. The van der Waals surface area contributed by atoms with E-state index in [1.807, 2.05) is 6.07 Å². The largest absolute Gasteiger partial charge is 0.380 e. The van der Waals surface area contributed by atoms with Gasteiger partial charge in [0.05, 0.1) is 10.6 Å². The van der Waals surface area contributed by atoms with E-state index in [-0.39, 0.29) is 11.6 Å². The molecule has 3 aromatic rings. The monoisotopic (exact) mass is 366 g/mol. The summed E-state index contributed by atoms with van der Waals surface area (Å²) in [4.78, 5) is 0. The fourth-order valence-corrected chi connectivity index (χ4v) is 2.81. The highest BCUT2D eigenvalue weighted by molar-refractivity contribution is 9.10. The minimum atomic E-state index is -0.322. The number of hydrogen-bond donors (Lipinski definition) is 1. The smallest absolute Gasteiger partial charge is 0.178 e. The van der Waals surface area contributed by atoms with Gasteiger partial charge in [0.2, 0.25) is 0 Å². The van der Waals surface area contributed by atoms with E-state index >= 15 is 0 Å². The van der Waals surface area contributed by atoms with Crippen LogP contribution < -0.4 is 5.73 Å². The lowest BCUT2D eigenvalue weighted by Gasteiger charge is -2.05. The summed E-state index contributed by atoms with van der Waals surface area (Å²) in [5.74, 6) is 0.365. The summed E-state index contributed by atoms with van der Waals surface area (Å²) in [5.41, 5.74) is 7.86. The highest BCUT2D eigenvalue weighted by Crippen LogP contribution is 2.40. The number of nitrogens with zero attached hydrogens (tertiary/aromatic N) is 1. The number of rotatable bonds is 2. The number of nitrogen functional groups attached to an aromatic ring is 1. The summed E-state index contributed by atoms with van der Waals surface area (Å²) < 4.78 is 19.2. The fraction of sp³-hybridized carbons (Fsp3) is 0. The van der Waals surface area contributed by atoms with Crippen molar-refractivity contribution in [2.45, 2.75) is 0 Å². The molecule has 0 amide bonds. The molecule has 0 saturated carbocycles. The van der Waals surface area contributed by atoms with Gasteiger partial charge in [0.15, 0.2) is 11.6 Å². The molecule has 1 heterocycles. The molecule has 0 fully saturated rings. The Morgan fingerprint density at radius 3 is 2.52 bits per heavy atom. The van der Waals surface area contributed by atoms with Crippen LogP contribution in [0.3, 0.4) is 0 Å². The van der Waals surface area contributed by atoms with Crippen LogP contribution in [0.1, 0.15) is 0 Å². The number of hydrogen-bond acceptors (Lipinski definition) is 3. The van der Waals surface area contributed by atoms with E-state index in [0.29, 0.717) is 27.5 Å². The second-order valence-electron chi connectivity index (χ2n) is 4.40. The molecule has 0 aliphatic heterocycles. The average Bonchev–Trinajstić information content (AvgIpc) is 2.82. The number of halogens is 3. The van der Waals surface area contributed by atoms with Crippen molar-refractivity contribution < 1.29 is 8.91 Å². The normalized spacial score (nSPS) is 10.8. The first-order valence-corrected chi connectivity index (χ1v) is 7.20. The van der Waals surface area contributed by atoms with Crippen molar-refractivity contribution in [2.24, 2.45) is 0 Å². The van der Waals surface area contributed by atoms with Crippen LogP contribution in [0, 0.1) is 5.82 Å². The number of benzene rings is 2. The van der Waals surface area contributed by atoms with Crippen LogP contribution in [0.2, 0.25) is 5.02 Å². The zero-order chi connectivity index (χ0) is 15.0. The molecule has 0 bridgehead atoms. The molecule has 0 unspecified atom stereocenters. The van der Waals surface area contributed by atoms with Gasteiger partial charge in [0.25, 0.3) is 0 Å². The average molecular weight is 368 g/mol. The predicted molar refractivity (Wildman–Crippen MR) is 84.5 cm³/mol. The molecule has 0 spiro atoms. The molecule has 106 valence electrons. The molecular weight excluding hydrogens is 359 g/mol. The second kappa shape index (κ2) is 5.50. The van der Waals surface area contributed by atoms with E-state index in [1.165, 1.54) is 12.1 Å². The third-order valence-corrected chi connectivity index (χ3v) is 3.83. The Morgan fingerprint density at radius 2 is 1.86 bits per heavy atom. The molecule has 0 radical (unpaired) electrons. The Kier molecular flexibility index (Phi) is 3.69. The summed E-state index contributed by atoms with van der Waals surface area (Å²) in [7, 11) is 0. The lowest BCUT2D eigenvalue weighted by molar-refractivity contribution is 0.436. The molecule has 3 rings (SSSR count). The summed E-state index contributed by atoms with van der Waals surface area (Å²) >= 11 is 9.59. The zero-order valence-corrected chi connectivity index (χ0v) is 13.0. The van der Waals surface area contributed by atoms with Crippen molar-refractivity contribution in [3.8, 4) is 22.5 Å². The molecule has 21 heavy (non-hydrogen) atoms. The van der Waals surface area contributed by atoms with Crippen molar-refractivity contribution in [1.82, 2.24) is 5.16 Å². The van der Waals surface area contributed by atoms with E-state index < -0.39 is 0 Å². The van der Waals surface area contributed by atoms with E-state index in [1.54, 1.807) is 24.3 Å². The summed E-state index contributed by atoms with van der Waals surface area (Å²) in [5, 5.41) is 4.30. The van der Waals surface area contributed by atoms with Crippen LogP contribution in [-0.4, -0.2) is 5.16 Å². The molecule has 6 heteroatoms. The Morgan fingerprint density at radius 1 is 1.14 bits per heavy atom. The van der Waals surface area contributed by atoms with Gasteiger partial charge in [0.1, 0.15) is 5.82 Å². The van der Waals surface area contributed by atoms with Crippen LogP contribution in [0.5, 0.6) is 0 Å². The second-order valence-corrected chi connectivity index (χ2v) is 5.73. The quantitative estimate of drug-likeness (QED) is 0.682. The Balaban J connectivity index is 2.19. The van der Waals surface area contributed by atoms with Gasteiger partial charge in [-0.1, -0.05) is 44.8 Å². The van der Waals surface area contributed by atoms with Crippen LogP contribution >= 0.6 is 27.5 Å². The first-order valence-electron chi connectivity index (χ1n) is 6.03. The van der Waals surface area contributed by atoms with Gasteiger partial charge in [-0.25, -0.2) is 4.39 Å². The molecule has 0 aliphatic rings. The third-order valence-electron chi connectivity index (χ3n) is 3.03. The van der Waals surface area contributed by atoms with Gasteiger partial charge in [-0.15, -0.1) is 0 Å². The van der Waals surface area contributed by atoms with Crippen molar-refractivity contribution in [1.29, 1.82) is 0 Å². The molecule has 0 aliphatic carbocycles. The summed E-state index contributed by atoms with van der Waals surface area (Å²) in [6.07, 6.45) is 0. The Hall–Kier alpha value is -1.85. The van der Waals surface area contributed by atoms with E-state index in [0.717, 1.165) is 4.47 Å². The minimum Gasteiger partial charge on any atom is -0.380 e. The lowest BCUT2D eigenvalue weighted by Crippen LogP contribution is -1.89.